The molecule has 0 radical (unpaired) electrons. The van der Waals surface area contributed by atoms with Crippen molar-refractivity contribution in [3.8, 4) is 28.0 Å². The fourth-order valence-corrected chi connectivity index (χ4v) is 4.41. The summed E-state index contributed by atoms with van der Waals surface area (Å²) in [6.07, 6.45) is 0.831. The molecule has 0 saturated carbocycles. The van der Waals surface area contributed by atoms with E-state index in [1.54, 1.807) is 12.1 Å². The van der Waals surface area contributed by atoms with Crippen molar-refractivity contribution in [2.24, 2.45) is 0 Å². The first-order valence-corrected chi connectivity index (χ1v) is 11.2. The monoisotopic (exact) mass is 482 g/mol. The Balaban J connectivity index is 1.84. The van der Waals surface area contributed by atoms with E-state index in [0.717, 1.165) is 32.3 Å². The van der Waals surface area contributed by atoms with E-state index in [9.17, 15) is 9.59 Å². The number of carbonyl (C=O) groups is 2. The first-order valence-electron chi connectivity index (χ1n) is 10.4. The number of hydrogen-bond acceptors (Lipinski definition) is 3. The van der Waals surface area contributed by atoms with Crippen LogP contribution in [0.4, 0.5) is 0 Å². The Morgan fingerprint density at radius 2 is 1.38 bits per heavy atom. The maximum absolute atomic E-state index is 13.7. The van der Waals surface area contributed by atoms with Crippen LogP contribution >= 0.6 is 15.9 Å². The largest absolute Gasteiger partial charge is 0.425 e. The van der Waals surface area contributed by atoms with E-state index >= 15 is 0 Å². The minimum atomic E-state index is -0.313. The molecule has 0 aliphatic carbocycles. The summed E-state index contributed by atoms with van der Waals surface area (Å²) in [6.45, 7) is 0. The normalized spacial score (nSPS) is 12.7. The van der Waals surface area contributed by atoms with E-state index in [-0.39, 0.29) is 11.8 Å². The highest BCUT2D eigenvalue weighted by Crippen LogP contribution is 2.44. The molecular formula is C28H19BrO3. The molecule has 0 amide bonds. The van der Waals surface area contributed by atoms with Crippen LogP contribution in [0.2, 0.25) is 0 Å². The standard InChI is InChI=1S/C28H19BrO3/c29-21-13-11-19(12-14-21)24-17-23(18-7-3-1-4-8-18)22-15-16-25(30)32-28(22)26(24)27(31)20-9-5-2-6-10-20/h1-14,17H,15-16H2. The highest BCUT2D eigenvalue weighted by molar-refractivity contribution is 9.10. The molecule has 0 unspecified atom stereocenters. The summed E-state index contributed by atoms with van der Waals surface area (Å²) in [7, 11) is 0. The van der Waals surface area contributed by atoms with Crippen LogP contribution in [-0.4, -0.2) is 11.8 Å². The van der Waals surface area contributed by atoms with Crippen LogP contribution in [0.25, 0.3) is 22.3 Å². The van der Waals surface area contributed by atoms with Crippen LogP contribution in [-0.2, 0) is 11.2 Å². The van der Waals surface area contributed by atoms with Crippen molar-refractivity contribution in [2.45, 2.75) is 12.8 Å². The third kappa shape index (κ3) is 3.78. The van der Waals surface area contributed by atoms with Crippen LogP contribution in [0, 0.1) is 0 Å². The van der Waals surface area contributed by atoms with Gasteiger partial charge in [0, 0.05) is 15.6 Å². The number of ketones is 1. The zero-order valence-corrected chi connectivity index (χ0v) is 18.8. The second-order valence-corrected chi connectivity index (χ2v) is 8.61. The van der Waals surface area contributed by atoms with E-state index in [4.69, 9.17) is 4.74 Å². The van der Waals surface area contributed by atoms with E-state index in [1.807, 2.05) is 72.8 Å². The molecular weight excluding hydrogens is 464 g/mol. The Hall–Kier alpha value is -3.50. The number of rotatable bonds is 4. The van der Waals surface area contributed by atoms with Gasteiger partial charge in [0.05, 0.1) is 12.0 Å². The highest BCUT2D eigenvalue weighted by Gasteiger charge is 2.30. The molecule has 156 valence electrons. The van der Waals surface area contributed by atoms with Gasteiger partial charge in [-0.2, -0.15) is 0 Å². The van der Waals surface area contributed by atoms with Crippen LogP contribution in [0.15, 0.2) is 95.5 Å². The van der Waals surface area contributed by atoms with E-state index in [2.05, 4.69) is 22.0 Å². The molecule has 0 spiro atoms. The smallest absolute Gasteiger partial charge is 0.311 e. The molecule has 4 aromatic rings. The third-order valence-corrected chi connectivity index (χ3v) is 6.21. The maximum Gasteiger partial charge on any atom is 0.311 e. The molecule has 3 nitrogen and oxygen atoms in total. The van der Waals surface area contributed by atoms with E-state index < -0.39 is 0 Å². The molecule has 0 saturated heterocycles. The van der Waals surface area contributed by atoms with Crippen molar-refractivity contribution in [1.82, 2.24) is 0 Å². The fourth-order valence-electron chi connectivity index (χ4n) is 4.14. The van der Waals surface area contributed by atoms with Crippen LogP contribution in [0.1, 0.15) is 27.9 Å². The van der Waals surface area contributed by atoms with Gasteiger partial charge in [-0.25, -0.2) is 0 Å². The first kappa shape index (κ1) is 20.4. The predicted octanol–water partition coefficient (Wildman–Crippen LogP) is 6.87. The second-order valence-electron chi connectivity index (χ2n) is 7.70. The third-order valence-electron chi connectivity index (χ3n) is 5.68. The molecule has 1 aliphatic rings. The molecule has 0 atom stereocenters. The van der Waals surface area contributed by atoms with Gasteiger partial charge in [0.25, 0.3) is 0 Å². The number of esters is 1. The van der Waals surface area contributed by atoms with Gasteiger partial charge in [0.2, 0.25) is 0 Å². The summed E-state index contributed by atoms with van der Waals surface area (Å²) in [4.78, 5) is 26.1. The van der Waals surface area contributed by atoms with Gasteiger partial charge in [-0.1, -0.05) is 88.7 Å². The van der Waals surface area contributed by atoms with E-state index in [1.165, 1.54) is 0 Å². The molecule has 1 heterocycles. The molecule has 0 fully saturated rings. The summed E-state index contributed by atoms with van der Waals surface area (Å²) in [5.74, 6) is -0.0879. The van der Waals surface area contributed by atoms with Gasteiger partial charge in [-0.05, 0) is 46.9 Å². The van der Waals surface area contributed by atoms with Gasteiger partial charge >= 0.3 is 5.97 Å². The topological polar surface area (TPSA) is 43.4 Å². The quantitative estimate of drug-likeness (QED) is 0.181. The number of fused-ring (bicyclic) bond motifs is 1. The van der Waals surface area contributed by atoms with Gasteiger partial charge in [-0.3, -0.25) is 9.59 Å². The van der Waals surface area contributed by atoms with Crippen molar-refractivity contribution in [3.63, 3.8) is 0 Å². The fraction of sp³-hybridized carbons (Fsp3) is 0.0714. The lowest BCUT2D eigenvalue weighted by Gasteiger charge is -2.24. The summed E-state index contributed by atoms with van der Waals surface area (Å²) in [5.41, 5.74) is 5.53. The lowest BCUT2D eigenvalue weighted by molar-refractivity contribution is -0.135. The lowest BCUT2D eigenvalue weighted by Crippen LogP contribution is -2.20. The summed E-state index contributed by atoms with van der Waals surface area (Å²) in [6, 6.07) is 29.0. The van der Waals surface area contributed by atoms with Crippen molar-refractivity contribution < 1.29 is 14.3 Å². The Bertz CT molecular complexity index is 1310. The molecule has 32 heavy (non-hydrogen) atoms. The second kappa shape index (κ2) is 8.56. The first-order chi connectivity index (χ1) is 15.6. The molecule has 4 heteroatoms. The Kier molecular flexibility index (Phi) is 5.46. The molecule has 0 aromatic heterocycles. The number of hydrogen-bond donors (Lipinski definition) is 0. The molecule has 0 N–H and O–H groups in total. The zero-order chi connectivity index (χ0) is 22.1. The minimum absolute atomic E-state index is 0.158. The average molecular weight is 483 g/mol. The summed E-state index contributed by atoms with van der Waals surface area (Å²) in [5, 5.41) is 0. The number of ether oxygens (including phenoxy) is 1. The van der Waals surface area contributed by atoms with Crippen LogP contribution in [0.5, 0.6) is 5.75 Å². The van der Waals surface area contributed by atoms with Crippen molar-refractivity contribution in [1.29, 1.82) is 0 Å². The van der Waals surface area contributed by atoms with Crippen LogP contribution in [0.3, 0.4) is 0 Å². The molecule has 1 aliphatic heterocycles. The Labute approximate surface area is 194 Å². The highest BCUT2D eigenvalue weighted by atomic mass is 79.9. The van der Waals surface area contributed by atoms with Crippen molar-refractivity contribution in [2.75, 3.05) is 0 Å². The predicted molar refractivity (Wildman–Crippen MR) is 129 cm³/mol. The summed E-state index contributed by atoms with van der Waals surface area (Å²) < 4.78 is 6.73. The van der Waals surface area contributed by atoms with E-state index in [0.29, 0.717) is 29.7 Å². The SMILES string of the molecule is O=C1CCc2c(-c3ccccc3)cc(-c3ccc(Br)cc3)c(C(=O)c3ccccc3)c2O1. The lowest BCUT2D eigenvalue weighted by atomic mass is 9.84. The number of halogens is 1. The Morgan fingerprint density at radius 3 is 2.06 bits per heavy atom. The van der Waals surface area contributed by atoms with Crippen molar-refractivity contribution in [3.05, 3.63) is 112 Å². The Morgan fingerprint density at radius 1 is 0.750 bits per heavy atom. The molecule has 5 rings (SSSR count). The summed E-state index contributed by atoms with van der Waals surface area (Å²) >= 11 is 3.49. The van der Waals surface area contributed by atoms with Gasteiger partial charge in [-0.15, -0.1) is 0 Å². The molecule has 0 bridgehead atoms. The van der Waals surface area contributed by atoms with Crippen molar-refractivity contribution >= 4 is 27.7 Å². The number of benzene rings is 4. The van der Waals surface area contributed by atoms with Gasteiger partial charge < -0.3 is 4.74 Å². The number of carbonyl (C=O) groups excluding carboxylic acids is 2. The maximum atomic E-state index is 13.7. The average Bonchev–Trinajstić information content (AvgIpc) is 2.84. The minimum Gasteiger partial charge on any atom is -0.425 e. The van der Waals surface area contributed by atoms with Crippen LogP contribution < -0.4 is 4.74 Å². The van der Waals surface area contributed by atoms with Gasteiger partial charge in [0.1, 0.15) is 5.75 Å². The zero-order valence-electron chi connectivity index (χ0n) is 17.2. The van der Waals surface area contributed by atoms with Gasteiger partial charge in [0.15, 0.2) is 5.78 Å². The molecule has 4 aromatic carbocycles.